The SMILES string of the molecule is C#CC(CC)(CC)NC(=O)COC(=O)c1ccc2noc(-c3ccccc3)c2c1. The Morgan fingerprint density at radius 1 is 1.17 bits per heavy atom. The molecule has 3 rings (SSSR count). The van der Waals surface area contributed by atoms with Gasteiger partial charge in [0.15, 0.2) is 12.4 Å². The maximum atomic E-state index is 12.4. The van der Waals surface area contributed by atoms with Crippen LogP contribution in [0.5, 0.6) is 0 Å². The lowest BCUT2D eigenvalue weighted by Crippen LogP contribution is -2.48. The molecule has 1 N–H and O–H groups in total. The summed E-state index contributed by atoms with van der Waals surface area (Å²) in [4.78, 5) is 24.6. The number of fused-ring (bicyclic) bond motifs is 1. The first kappa shape index (κ1) is 20.2. The van der Waals surface area contributed by atoms with Crippen molar-refractivity contribution in [2.24, 2.45) is 0 Å². The average molecular weight is 390 g/mol. The number of benzene rings is 2. The molecular weight excluding hydrogens is 368 g/mol. The molecule has 0 aliphatic rings. The molecule has 0 atom stereocenters. The number of terminal acetylenes is 1. The van der Waals surface area contributed by atoms with Crippen LogP contribution in [0.15, 0.2) is 53.1 Å². The largest absolute Gasteiger partial charge is 0.452 e. The summed E-state index contributed by atoms with van der Waals surface area (Å²) < 4.78 is 10.6. The van der Waals surface area contributed by atoms with E-state index in [1.807, 2.05) is 44.2 Å². The van der Waals surface area contributed by atoms with Gasteiger partial charge in [-0.2, -0.15) is 0 Å². The Morgan fingerprint density at radius 3 is 2.55 bits per heavy atom. The summed E-state index contributed by atoms with van der Waals surface area (Å²) >= 11 is 0. The molecule has 29 heavy (non-hydrogen) atoms. The molecule has 0 saturated heterocycles. The van der Waals surface area contributed by atoms with Gasteiger partial charge in [-0.15, -0.1) is 6.42 Å². The third-order valence-electron chi connectivity index (χ3n) is 4.94. The molecule has 0 fully saturated rings. The number of rotatable bonds is 7. The molecule has 1 amide bonds. The number of esters is 1. The number of ether oxygens (including phenoxy) is 1. The maximum Gasteiger partial charge on any atom is 0.338 e. The number of carbonyl (C=O) groups excluding carboxylic acids is 2. The smallest absolute Gasteiger partial charge is 0.338 e. The van der Waals surface area contributed by atoms with Gasteiger partial charge in [-0.3, -0.25) is 4.79 Å². The molecule has 0 saturated carbocycles. The van der Waals surface area contributed by atoms with Crippen molar-refractivity contribution in [3.05, 3.63) is 54.1 Å². The number of amides is 1. The van der Waals surface area contributed by atoms with Crippen molar-refractivity contribution in [3.8, 4) is 23.7 Å². The highest BCUT2D eigenvalue weighted by molar-refractivity contribution is 5.99. The highest BCUT2D eigenvalue weighted by Gasteiger charge is 2.26. The lowest BCUT2D eigenvalue weighted by atomic mass is 9.94. The van der Waals surface area contributed by atoms with E-state index in [1.54, 1.807) is 18.2 Å². The number of carbonyl (C=O) groups is 2. The van der Waals surface area contributed by atoms with E-state index in [-0.39, 0.29) is 0 Å². The topological polar surface area (TPSA) is 81.4 Å². The van der Waals surface area contributed by atoms with Crippen molar-refractivity contribution in [3.63, 3.8) is 0 Å². The Bertz CT molecular complexity index is 1060. The molecular formula is C23H22N2O4. The molecule has 3 aromatic rings. The molecule has 1 heterocycles. The second-order valence-corrected chi connectivity index (χ2v) is 6.67. The molecule has 0 bridgehead atoms. The fourth-order valence-corrected chi connectivity index (χ4v) is 3.05. The average Bonchev–Trinajstić information content (AvgIpc) is 3.20. The van der Waals surface area contributed by atoms with E-state index in [2.05, 4.69) is 16.4 Å². The third-order valence-corrected chi connectivity index (χ3v) is 4.94. The van der Waals surface area contributed by atoms with E-state index in [9.17, 15) is 9.59 Å². The minimum Gasteiger partial charge on any atom is -0.452 e. The van der Waals surface area contributed by atoms with Crippen LogP contribution in [0.4, 0.5) is 0 Å². The van der Waals surface area contributed by atoms with Crippen LogP contribution in [-0.2, 0) is 9.53 Å². The van der Waals surface area contributed by atoms with Crippen molar-refractivity contribution in [2.75, 3.05) is 6.61 Å². The molecule has 6 nitrogen and oxygen atoms in total. The predicted octanol–water partition coefficient (Wildman–Crippen LogP) is 3.96. The van der Waals surface area contributed by atoms with Crippen molar-refractivity contribution in [1.29, 1.82) is 0 Å². The minimum absolute atomic E-state index is 0.305. The Hall–Kier alpha value is -3.59. The summed E-state index contributed by atoms with van der Waals surface area (Å²) in [5.74, 6) is 2.14. The monoisotopic (exact) mass is 390 g/mol. The highest BCUT2D eigenvalue weighted by Crippen LogP contribution is 2.29. The fraction of sp³-hybridized carbons (Fsp3) is 0.261. The molecule has 148 valence electrons. The summed E-state index contributed by atoms with van der Waals surface area (Å²) in [5, 5.41) is 7.49. The van der Waals surface area contributed by atoms with E-state index in [0.29, 0.717) is 35.1 Å². The van der Waals surface area contributed by atoms with Crippen LogP contribution in [0.25, 0.3) is 22.2 Å². The molecule has 0 radical (unpaired) electrons. The van der Waals surface area contributed by atoms with Gasteiger partial charge in [0.05, 0.1) is 10.9 Å². The Kier molecular flexibility index (Phi) is 5.99. The maximum absolute atomic E-state index is 12.4. The summed E-state index contributed by atoms with van der Waals surface area (Å²) in [5.41, 5.74) is 1.06. The molecule has 0 unspecified atom stereocenters. The zero-order valence-corrected chi connectivity index (χ0v) is 16.4. The van der Waals surface area contributed by atoms with Crippen LogP contribution < -0.4 is 5.32 Å². The second-order valence-electron chi connectivity index (χ2n) is 6.67. The number of hydrogen-bond acceptors (Lipinski definition) is 5. The van der Waals surface area contributed by atoms with Crippen molar-refractivity contribution in [2.45, 2.75) is 32.2 Å². The minimum atomic E-state index is -0.727. The molecule has 2 aromatic carbocycles. The van der Waals surface area contributed by atoms with Crippen LogP contribution in [0, 0.1) is 12.3 Å². The number of nitrogens with one attached hydrogen (secondary N) is 1. The summed E-state index contributed by atoms with van der Waals surface area (Å²) in [7, 11) is 0. The quantitative estimate of drug-likeness (QED) is 0.488. The van der Waals surface area contributed by atoms with Crippen LogP contribution in [0.1, 0.15) is 37.0 Å². The van der Waals surface area contributed by atoms with Crippen molar-refractivity contribution < 1.29 is 18.8 Å². The van der Waals surface area contributed by atoms with Crippen molar-refractivity contribution in [1.82, 2.24) is 10.5 Å². The Labute approximate surface area is 169 Å². The van der Waals surface area contributed by atoms with E-state index < -0.39 is 24.0 Å². The number of hydrogen-bond donors (Lipinski definition) is 1. The van der Waals surface area contributed by atoms with Gasteiger partial charge < -0.3 is 14.6 Å². The third kappa shape index (κ3) is 4.30. The second kappa shape index (κ2) is 8.61. The van der Waals surface area contributed by atoms with E-state index in [0.717, 1.165) is 5.56 Å². The van der Waals surface area contributed by atoms with Gasteiger partial charge in [0.25, 0.3) is 5.91 Å². The van der Waals surface area contributed by atoms with Gasteiger partial charge in [-0.05, 0) is 31.0 Å². The van der Waals surface area contributed by atoms with E-state index in [4.69, 9.17) is 15.7 Å². The molecule has 1 aromatic heterocycles. The lowest BCUT2D eigenvalue weighted by molar-refractivity contribution is -0.125. The first-order valence-corrected chi connectivity index (χ1v) is 9.42. The first-order valence-electron chi connectivity index (χ1n) is 9.42. The van der Waals surface area contributed by atoms with Crippen molar-refractivity contribution >= 4 is 22.8 Å². The van der Waals surface area contributed by atoms with Crippen LogP contribution in [0.3, 0.4) is 0 Å². The van der Waals surface area contributed by atoms with Gasteiger partial charge in [-0.1, -0.05) is 55.3 Å². The standard InChI is InChI=1S/C23H22N2O4/c1-4-23(5-2,6-3)24-20(26)15-28-22(27)17-12-13-19-18(14-17)21(29-25-19)16-10-8-7-9-11-16/h1,7-14H,5-6,15H2,2-3H3,(H,24,26). The van der Waals surface area contributed by atoms with Crippen LogP contribution in [0.2, 0.25) is 0 Å². The highest BCUT2D eigenvalue weighted by atomic mass is 16.5. The molecule has 0 aliphatic heterocycles. The van der Waals surface area contributed by atoms with E-state index in [1.165, 1.54) is 0 Å². The number of aromatic nitrogens is 1. The molecule has 6 heteroatoms. The van der Waals surface area contributed by atoms with Gasteiger partial charge >= 0.3 is 5.97 Å². The Balaban J connectivity index is 1.73. The summed E-state index contributed by atoms with van der Waals surface area (Å²) in [6.07, 6.45) is 6.72. The fourth-order valence-electron chi connectivity index (χ4n) is 3.05. The van der Waals surface area contributed by atoms with E-state index >= 15 is 0 Å². The van der Waals surface area contributed by atoms with Gasteiger partial charge in [-0.25, -0.2) is 4.79 Å². The predicted molar refractivity (Wildman–Crippen MR) is 110 cm³/mol. The van der Waals surface area contributed by atoms with Crippen LogP contribution >= 0.6 is 0 Å². The lowest BCUT2D eigenvalue weighted by Gasteiger charge is -2.26. The molecule has 0 aliphatic carbocycles. The summed E-state index contributed by atoms with van der Waals surface area (Å²) in [6, 6.07) is 14.4. The van der Waals surface area contributed by atoms with Crippen LogP contribution in [-0.4, -0.2) is 29.2 Å². The summed E-state index contributed by atoms with van der Waals surface area (Å²) in [6.45, 7) is 3.39. The zero-order valence-electron chi connectivity index (χ0n) is 16.4. The molecule has 0 spiro atoms. The van der Waals surface area contributed by atoms with Gasteiger partial charge in [0, 0.05) is 5.56 Å². The Morgan fingerprint density at radius 2 is 1.90 bits per heavy atom. The normalized spacial score (nSPS) is 11.1. The number of nitrogens with zero attached hydrogens (tertiary/aromatic N) is 1. The van der Waals surface area contributed by atoms with Gasteiger partial charge in [0.2, 0.25) is 0 Å². The first-order chi connectivity index (χ1) is 14.0. The van der Waals surface area contributed by atoms with Gasteiger partial charge in [0.1, 0.15) is 11.1 Å². The zero-order chi connectivity index (χ0) is 20.9.